The van der Waals surface area contributed by atoms with Gasteiger partial charge < -0.3 is 5.32 Å². The molecule has 18 heavy (non-hydrogen) atoms. The van der Waals surface area contributed by atoms with Crippen LogP contribution in [0.2, 0.25) is 0 Å². The van der Waals surface area contributed by atoms with E-state index in [0.29, 0.717) is 16.2 Å². The van der Waals surface area contributed by atoms with Gasteiger partial charge in [0.2, 0.25) is 0 Å². The molecule has 0 amide bonds. The van der Waals surface area contributed by atoms with Gasteiger partial charge in [0.25, 0.3) is 0 Å². The normalized spacial score (nSPS) is 10.4. The van der Waals surface area contributed by atoms with Crippen LogP contribution < -0.4 is 5.32 Å². The smallest absolute Gasteiger partial charge is 0.131 e. The average Bonchev–Trinajstić information content (AvgIpc) is 2.29. The minimum absolute atomic E-state index is 0.159. The SMILES string of the molecule is Cc1nc(Br)cc(NCc2cc(F)ccc2F)n1. The highest BCUT2D eigenvalue weighted by atomic mass is 79.9. The molecule has 94 valence electrons. The number of nitrogens with zero attached hydrogens (tertiary/aromatic N) is 2. The zero-order valence-electron chi connectivity index (χ0n) is 9.54. The van der Waals surface area contributed by atoms with Crippen molar-refractivity contribution < 1.29 is 8.78 Å². The summed E-state index contributed by atoms with van der Waals surface area (Å²) in [6.07, 6.45) is 0. The topological polar surface area (TPSA) is 37.8 Å². The molecule has 0 saturated heterocycles. The standard InChI is InChI=1S/C12H10BrF2N3/c1-7-17-11(13)5-12(18-7)16-6-8-4-9(14)2-3-10(8)15/h2-5H,6H2,1H3,(H,16,17,18). The van der Waals surface area contributed by atoms with Crippen molar-refractivity contribution in [1.82, 2.24) is 9.97 Å². The largest absolute Gasteiger partial charge is 0.366 e. The van der Waals surface area contributed by atoms with Crippen LogP contribution >= 0.6 is 15.9 Å². The van der Waals surface area contributed by atoms with Crippen LogP contribution in [0.3, 0.4) is 0 Å². The number of halogens is 3. The molecule has 0 fully saturated rings. The summed E-state index contributed by atoms with van der Waals surface area (Å²) in [4.78, 5) is 8.19. The number of benzene rings is 1. The van der Waals surface area contributed by atoms with Crippen LogP contribution in [-0.2, 0) is 6.54 Å². The number of nitrogens with one attached hydrogen (secondary N) is 1. The molecule has 2 rings (SSSR count). The first kappa shape index (κ1) is 12.9. The molecule has 0 spiro atoms. The van der Waals surface area contributed by atoms with Crippen LogP contribution in [0.15, 0.2) is 28.9 Å². The van der Waals surface area contributed by atoms with Crippen molar-refractivity contribution in [2.45, 2.75) is 13.5 Å². The van der Waals surface area contributed by atoms with Crippen molar-refractivity contribution in [1.29, 1.82) is 0 Å². The molecule has 2 aromatic rings. The summed E-state index contributed by atoms with van der Waals surface area (Å²) in [5.41, 5.74) is 0.252. The van der Waals surface area contributed by atoms with E-state index >= 15 is 0 Å². The molecule has 0 aliphatic carbocycles. The van der Waals surface area contributed by atoms with Gasteiger partial charge >= 0.3 is 0 Å². The van der Waals surface area contributed by atoms with Crippen LogP contribution in [0.4, 0.5) is 14.6 Å². The maximum atomic E-state index is 13.4. The highest BCUT2D eigenvalue weighted by Gasteiger charge is 2.05. The second-order valence-electron chi connectivity index (χ2n) is 3.71. The fourth-order valence-electron chi connectivity index (χ4n) is 1.49. The van der Waals surface area contributed by atoms with Crippen molar-refractivity contribution in [3.8, 4) is 0 Å². The Kier molecular flexibility index (Phi) is 3.86. The number of hydrogen-bond acceptors (Lipinski definition) is 3. The average molecular weight is 314 g/mol. The second kappa shape index (κ2) is 5.39. The van der Waals surface area contributed by atoms with E-state index in [-0.39, 0.29) is 12.1 Å². The summed E-state index contributed by atoms with van der Waals surface area (Å²) in [5.74, 6) is 0.228. The quantitative estimate of drug-likeness (QED) is 0.882. The van der Waals surface area contributed by atoms with Crippen molar-refractivity contribution in [2.75, 3.05) is 5.32 Å². The molecule has 1 aromatic heterocycles. The molecular weight excluding hydrogens is 304 g/mol. The lowest BCUT2D eigenvalue weighted by molar-refractivity contribution is 0.587. The van der Waals surface area contributed by atoms with Crippen molar-refractivity contribution >= 4 is 21.7 Å². The number of rotatable bonds is 3. The monoisotopic (exact) mass is 313 g/mol. The van der Waals surface area contributed by atoms with Crippen LogP contribution in [-0.4, -0.2) is 9.97 Å². The Morgan fingerprint density at radius 1 is 1.22 bits per heavy atom. The lowest BCUT2D eigenvalue weighted by atomic mass is 10.2. The van der Waals surface area contributed by atoms with Gasteiger partial charge in [0.05, 0.1) is 0 Å². The number of anilines is 1. The van der Waals surface area contributed by atoms with Crippen LogP contribution in [0.1, 0.15) is 11.4 Å². The van der Waals surface area contributed by atoms with E-state index in [0.717, 1.165) is 18.2 Å². The van der Waals surface area contributed by atoms with Crippen LogP contribution in [0.5, 0.6) is 0 Å². The van der Waals surface area contributed by atoms with Gasteiger partial charge in [0.1, 0.15) is 27.9 Å². The van der Waals surface area contributed by atoms with Crippen molar-refractivity contribution in [2.24, 2.45) is 0 Å². The first-order chi connectivity index (χ1) is 8.54. The van der Waals surface area contributed by atoms with Gasteiger partial charge in [0.15, 0.2) is 0 Å². The Bertz CT molecular complexity index is 555. The third-order valence-corrected chi connectivity index (χ3v) is 2.68. The second-order valence-corrected chi connectivity index (χ2v) is 4.52. The molecule has 6 heteroatoms. The van der Waals surface area contributed by atoms with E-state index in [1.165, 1.54) is 0 Å². The summed E-state index contributed by atoms with van der Waals surface area (Å²) in [5, 5.41) is 2.92. The van der Waals surface area contributed by atoms with Crippen LogP contribution in [0, 0.1) is 18.6 Å². The highest BCUT2D eigenvalue weighted by Crippen LogP contribution is 2.15. The Labute approximate surface area is 111 Å². The summed E-state index contributed by atoms with van der Waals surface area (Å²) in [6, 6.07) is 5.02. The van der Waals surface area contributed by atoms with E-state index in [1.54, 1.807) is 13.0 Å². The Balaban J connectivity index is 2.13. The zero-order valence-corrected chi connectivity index (χ0v) is 11.1. The molecule has 0 radical (unpaired) electrons. The molecule has 0 unspecified atom stereocenters. The zero-order chi connectivity index (χ0) is 13.1. The molecule has 3 nitrogen and oxygen atoms in total. The molecule has 0 aliphatic heterocycles. The summed E-state index contributed by atoms with van der Waals surface area (Å²) < 4.78 is 27.0. The fraction of sp³-hybridized carbons (Fsp3) is 0.167. The lowest BCUT2D eigenvalue weighted by Gasteiger charge is -2.07. The summed E-state index contributed by atoms with van der Waals surface area (Å²) in [6.45, 7) is 1.91. The minimum atomic E-state index is -0.465. The maximum Gasteiger partial charge on any atom is 0.131 e. The third-order valence-electron chi connectivity index (χ3n) is 2.27. The summed E-state index contributed by atoms with van der Waals surface area (Å²) >= 11 is 3.24. The van der Waals surface area contributed by atoms with Gasteiger partial charge in [-0.2, -0.15) is 0 Å². The predicted molar refractivity (Wildman–Crippen MR) is 68.2 cm³/mol. The molecule has 0 atom stereocenters. The summed E-state index contributed by atoms with van der Waals surface area (Å²) in [7, 11) is 0. The predicted octanol–water partition coefficient (Wildman–Crippen LogP) is 3.44. The molecule has 1 aromatic carbocycles. The van der Waals surface area contributed by atoms with Crippen LogP contribution in [0.25, 0.3) is 0 Å². The molecule has 1 heterocycles. The minimum Gasteiger partial charge on any atom is -0.366 e. The Morgan fingerprint density at radius 2 is 2.00 bits per heavy atom. The van der Waals surface area contributed by atoms with Gasteiger partial charge in [0, 0.05) is 18.2 Å². The Hall–Kier alpha value is -1.56. The third kappa shape index (κ3) is 3.22. The number of aromatic nitrogens is 2. The van der Waals surface area contributed by atoms with Gasteiger partial charge in [-0.15, -0.1) is 0 Å². The lowest BCUT2D eigenvalue weighted by Crippen LogP contribution is -2.05. The van der Waals surface area contributed by atoms with E-state index < -0.39 is 11.6 Å². The van der Waals surface area contributed by atoms with E-state index in [4.69, 9.17) is 0 Å². The molecule has 0 aliphatic rings. The number of hydrogen-bond donors (Lipinski definition) is 1. The van der Waals surface area contributed by atoms with Gasteiger partial charge in [-0.3, -0.25) is 0 Å². The highest BCUT2D eigenvalue weighted by molar-refractivity contribution is 9.10. The van der Waals surface area contributed by atoms with Crippen molar-refractivity contribution in [3.05, 3.63) is 51.9 Å². The molecule has 0 saturated carbocycles. The number of aryl methyl sites for hydroxylation is 1. The first-order valence-corrected chi connectivity index (χ1v) is 6.03. The molecule has 0 bridgehead atoms. The maximum absolute atomic E-state index is 13.4. The van der Waals surface area contributed by atoms with Gasteiger partial charge in [-0.05, 0) is 41.1 Å². The van der Waals surface area contributed by atoms with E-state index in [9.17, 15) is 8.78 Å². The first-order valence-electron chi connectivity index (χ1n) is 5.23. The van der Waals surface area contributed by atoms with Gasteiger partial charge in [-0.25, -0.2) is 18.7 Å². The van der Waals surface area contributed by atoms with Crippen molar-refractivity contribution in [3.63, 3.8) is 0 Å². The fourth-order valence-corrected chi connectivity index (χ4v) is 1.96. The van der Waals surface area contributed by atoms with Gasteiger partial charge in [-0.1, -0.05) is 0 Å². The van der Waals surface area contributed by atoms with E-state index in [1.807, 2.05) is 0 Å². The molecular formula is C12H10BrF2N3. The Morgan fingerprint density at radius 3 is 2.72 bits per heavy atom. The van der Waals surface area contributed by atoms with E-state index in [2.05, 4.69) is 31.2 Å². The molecule has 1 N–H and O–H groups in total.